The Morgan fingerprint density at radius 3 is 2.95 bits per heavy atom. The van der Waals surface area contributed by atoms with Gasteiger partial charge in [0.15, 0.2) is 5.69 Å². The number of hydrogen-bond donors (Lipinski definition) is 4. The lowest BCUT2D eigenvalue weighted by atomic mass is 10.1. The van der Waals surface area contributed by atoms with Gasteiger partial charge in [-0.05, 0) is 13.3 Å². The maximum absolute atomic E-state index is 12.0. The van der Waals surface area contributed by atoms with Crippen LogP contribution in [0.5, 0.6) is 0 Å². The van der Waals surface area contributed by atoms with E-state index in [1.807, 2.05) is 0 Å². The summed E-state index contributed by atoms with van der Waals surface area (Å²) in [6.45, 7) is 3.83. The van der Waals surface area contributed by atoms with Crippen LogP contribution >= 0.6 is 0 Å². The Bertz CT molecular complexity index is 596. The highest BCUT2D eigenvalue weighted by Crippen LogP contribution is 2.14. The van der Waals surface area contributed by atoms with Gasteiger partial charge in [-0.2, -0.15) is 5.10 Å². The number of aromatic amines is 1. The molecule has 118 valence electrons. The van der Waals surface area contributed by atoms with E-state index < -0.39 is 10.0 Å². The fraction of sp³-hybridized carbons (Fsp3) is 0.667. The molecule has 0 radical (unpaired) electrons. The Morgan fingerprint density at radius 2 is 2.19 bits per heavy atom. The summed E-state index contributed by atoms with van der Waals surface area (Å²) >= 11 is 0. The molecule has 8 nitrogen and oxygen atoms in total. The van der Waals surface area contributed by atoms with E-state index >= 15 is 0 Å². The van der Waals surface area contributed by atoms with E-state index in [1.165, 1.54) is 0 Å². The van der Waals surface area contributed by atoms with Crippen molar-refractivity contribution < 1.29 is 13.2 Å². The van der Waals surface area contributed by atoms with Crippen molar-refractivity contribution in [1.82, 2.24) is 25.6 Å². The molecule has 2 heterocycles. The molecule has 0 fully saturated rings. The van der Waals surface area contributed by atoms with Gasteiger partial charge in [0.1, 0.15) is 0 Å². The van der Waals surface area contributed by atoms with Crippen LogP contribution in [-0.2, 0) is 23.0 Å². The summed E-state index contributed by atoms with van der Waals surface area (Å²) in [5.41, 5.74) is 2.35. The molecule has 9 heteroatoms. The van der Waals surface area contributed by atoms with Crippen LogP contribution in [0.4, 0.5) is 0 Å². The number of nitrogens with one attached hydrogen (secondary N) is 4. The molecular formula is C12H21N5O3S. The second-order valence-electron chi connectivity index (χ2n) is 4.86. The minimum Gasteiger partial charge on any atom is -0.351 e. The number of amides is 1. The lowest BCUT2D eigenvalue weighted by Gasteiger charge is -2.12. The van der Waals surface area contributed by atoms with E-state index in [-0.39, 0.29) is 11.7 Å². The Labute approximate surface area is 124 Å². The number of carbonyl (C=O) groups is 1. The van der Waals surface area contributed by atoms with Crippen molar-refractivity contribution in [2.24, 2.45) is 0 Å². The molecule has 0 saturated heterocycles. The van der Waals surface area contributed by atoms with Gasteiger partial charge in [0, 0.05) is 43.9 Å². The molecular weight excluding hydrogens is 294 g/mol. The quantitative estimate of drug-likeness (QED) is 0.487. The third-order valence-electron chi connectivity index (χ3n) is 3.36. The smallest absolute Gasteiger partial charge is 0.272 e. The van der Waals surface area contributed by atoms with Gasteiger partial charge in [-0.25, -0.2) is 13.1 Å². The molecule has 1 aliphatic heterocycles. The number of hydrogen-bond acceptors (Lipinski definition) is 5. The van der Waals surface area contributed by atoms with Crippen LogP contribution in [0.3, 0.4) is 0 Å². The highest BCUT2D eigenvalue weighted by atomic mass is 32.2. The Hall–Kier alpha value is -1.45. The van der Waals surface area contributed by atoms with Crippen LogP contribution in [0.15, 0.2) is 0 Å². The van der Waals surface area contributed by atoms with Gasteiger partial charge >= 0.3 is 0 Å². The number of aromatic nitrogens is 2. The summed E-state index contributed by atoms with van der Waals surface area (Å²) in [5, 5.41) is 12.9. The molecule has 0 saturated carbocycles. The minimum absolute atomic E-state index is 0.0613. The van der Waals surface area contributed by atoms with E-state index in [4.69, 9.17) is 0 Å². The van der Waals surface area contributed by atoms with E-state index in [1.54, 1.807) is 6.92 Å². The predicted octanol–water partition coefficient (Wildman–Crippen LogP) is -0.885. The van der Waals surface area contributed by atoms with Crippen LogP contribution in [-0.4, -0.2) is 49.9 Å². The van der Waals surface area contributed by atoms with Crippen molar-refractivity contribution in [3.8, 4) is 0 Å². The second kappa shape index (κ2) is 7.01. The van der Waals surface area contributed by atoms with Crippen LogP contribution in [0, 0.1) is 0 Å². The zero-order valence-electron chi connectivity index (χ0n) is 12.0. The lowest BCUT2D eigenvalue weighted by molar-refractivity contribution is 0.0947. The maximum atomic E-state index is 12.0. The summed E-state index contributed by atoms with van der Waals surface area (Å²) in [6, 6.07) is 0. The van der Waals surface area contributed by atoms with Crippen LogP contribution < -0.4 is 15.4 Å². The van der Waals surface area contributed by atoms with Gasteiger partial charge in [0.25, 0.3) is 5.91 Å². The van der Waals surface area contributed by atoms with Crippen LogP contribution in [0.1, 0.15) is 35.1 Å². The first-order valence-electron chi connectivity index (χ1n) is 7.06. The topological polar surface area (TPSA) is 116 Å². The SMILES string of the molecule is CCS(=O)(=O)NCCCNC(=O)c1n[nH]c2c1CNCC2. The van der Waals surface area contributed by atoms with Crippen molar-refractivity contribution in [2.75, 3.05) is 25.4 Å². The highest BCUT2D eigenvalue weighted by molar-refractivity contribution is 7.89. The first-order valence-corrected chi connectivity index (χ1v) is 8.71. The monoisotopic (exact) mass is 315 g/mol. The molecule has 0 spiro atoms. The van der Waals surface area contributed by atoms with Crippen LogP contribution in [0.2, 0.25) is 0 Å². The number of nitrogens with zero attached hydrogens (tertiary/aromatic N) is 1. The molecule has 1 aliphatic rings. The number of H-pyrrole nitrogens is 1. The summed E-state index contributed by atoms with van der Waals surface area (Å²) in [5.74, 6) is -0.166. The largest absolute Gasteiger partial charge is 0.351 e. The van der Waals surface area contributed by atoms with Gasteiger partial charge in [0.2, 0.25) is 10.0 Å². The number of carbonyl (C=O) groups excluding carboxylic acids is 1. The van der Waals surface area contributed by atoms with E-state index in [0.717, 1.165) is 24.2 Å². The first kappa shape index (κ1) is 15.9. The highest BCUT2D eigenvalue weighted by Gasteiger charge is 2.21. The average Bonchev–Trinajstić information content (AvgIpc) is 2.90. The third kappa shape index (κ3) is 4.26. The maximum Gasteiger partial charge on any atom is 0.272 e. The van der Waals surface area contributed by atoms with Gasteiger partial charge < -0.3 is 10.6 Å². The fourth-order valence-electron chi connectivity index (χ4n) is 2.12. The molecule has 0 bridgehead atoms. The molecule has 0 aliphatic carbocycles. The molecule has 1 aromatic rings. The first-order chi connectivity index (χ1) is 10.0. The molecule has 1 aromatic heterocycles. The molecule has 4 N–H and O–H groups in total. The predicted molar refractivity (Wildman–Crippen MR) is 78.4 cm³/mol. The van der Waals surface area contributed by atoms with Crippen molar-refractivity contribution in [3.63, 3.8) is 0 Å². The second-order valence-corrected chi connectivity index (χ2v) is 6.96. The molecule has 2 rings (SSSR count). The normalized spacial score (nSPS) is 14.7. The zero-order valence-corrected chi connectivity index (χ0v) is 12.8. The zero-order chi connectivity index (χ0) is 15.3. The van der Waals surface area contributed by atoms with E-state index in [9.17, 15) is 13.2 Å². The minimum atomic E-state index is -3.16. The Kier molecular flexibility index (Phi) is 5.32. The lowest BCUT2D eigenvalue weighted by Crippen LogP contribution is -2.32. The Morgan fingerprint density at radius 1 is 1.38 bits per heavy atom. The van der Waals surface area contributed by atoms with Crippen molar-refractivity contribution in [2.45, 2.75) is 26.3 Å². The van der Waals surface area contributed by atoms with Gasteiger partial charge in [-0.1, -0.05) is 0 Å². The van der Waals surface area contributed by atoms with Gasteiger partial charge in [0.05, 0.1) is 5.75 Å². The molecule has 0 unspecified atom stereocenters. The molecule has 0 atom stereocenters. The number of rotatable bonds is 7. The summed E-state index contributed by atoms with van der Waals surface area (Å²) < 4.78 is 24.9. The standard InChI is InChI=1S/C12H21N5O3S/c1-2-21(19,20)15-6-3-5-14-12(18)11-9-8-13-7-4-10(9)16-17-11/h13,15H,2-8H2,1H3,(H,14,18)(H,16,17). The molecule has 1 amide bonds. The van der Waals surface area contributed by atoms with Crippen molar-refractivity contribution >= 4 is 15.9 Å². The summed E-state index contributed by atoms with van der Waals surface area (Å²) in [6.07, 6.45) is 1.38. The van der Waals surface area contributed by atoms with Crippen molar-refractivity contribution in [3.05, 3.63) is 17.0 Å². The van der Waals surface area contributed by atoms with Crippen LogP contribution in [0.25, 0.3) is 0 Å². The summed E-state index contributed by atoms with van der Waals surface area (Å²) in [4.78, 5) is 12.0. The molecule has 21 heavy (non-hydrogen) atoms. The fourth-order valence-corrected chi connectivity index (χ4v) is 2.78. The van der Waals surface area contributed by atoms with E-state index in [0.29, 0.717) is 31.7 Å². The number of fused-ring (bicyclic) bond motifs is 1. The third-order valence-corrected chi connectivity index (χ3v) is 4.77. The van der Waals surface area contributed by atoms with Gasteiger partial charge in [-0.3, -0.25) is 9.89 Å². The van der Waals surface area contributed by atoms with Gasteiger partial charge in [-0.15, -0.1) is 0 Å². The summed E-state index contributed by atoms with van der Waals surface area (Å²) in [7, 11) is -3.16. The average molecular weight is 315 g/mol. The van der Waals surface area contributed by atoms with Crippen molar-refractivity contribution in [1.29, 1.82) is 0 Å². The Balaban J connectivity index is 1.76. The molecule has 0 aromatic carbocycles. The number of sulfonamides is 1. The van der Waals surface area contributed by atoms with E-state index in [2.05, 4.69) is 25.6 Å².